The maximum atomic E-state index is 12.8. The Morgan fingerprint density at radius 1 is 1.15 bits per heavy atom. The number of ether oxygens (including phenoxy) is 1. The quantitative estimate of drug-likeness (QED) is 0.636. The molecule has 0 aromatic heterocycles. The van der Waals surface area contributed by atoms with E-state index in [0.717, 1.165) is 11.1 Å². The van der Waals surface area contributed by atoms with Gasteiger partial charge in [-0.15, -0.1) is 0 Å². The highest BCUT2D eigenvalue weighted by atomic mass is 32.2. The first-order chi connectivity index (χ1) is 12.7. The van der Waals surface area contributed by atoms with E-state index in [9.17, 15) is 13.5 Å². The molecule has 0 amide bonds. The number of hydrogen-bond acceptors (Lipinski definition) is 5. The van der Waals surface area contributed by atoms with Crippen LogP contribution in [0.5, 0.6) is 5.75 Å². The van der Waals surface area contributed by atoms with Crippen molar-refractivity contribution in [3.8, 4) is 5.75 Å². The number of sulfonamides is 1. The van der Waals surface area contributed by atoms with Crippen molar-refractivity contribution in [1.29, 1.82) is 0 Å². The van der Waals surface area contributed by atoms with Crippen LogP contribution >= 0.6 is 0 Å². The Morgan fingerprint density at radius 2 is 1.78 bits per heavy atom. The van der Waals surface area contributed by atoms with Crippen molar-refractivity contribution in [2.24, 2.45) is 5.73 Å². The lowest BCUT2D eigenvalue weighted by molar-refractivity contribution is 0.148. The van der Waals surface area contributed by atoms with E-state index in [-0.39, 0.29) is 11.4 Å². The molecule has 0 bridgehead atoms. The highest BCUT2D eigenvalue weighted by Crippen LogP contribution is 2.30. The Labute approximate surface area is 161 Å². The minimum atomic E-state index is -3.79. The predicted octanol–water partition coefficient (Wildman–Crippen LogP) is 1.83. The third kappa shape index (κ3) is 5.07. The van der Waals surface area contributed by atoms with Crippen LogP contribution in [0.4, 0.5) is 0 Å². The molecule has 0 aliphatic heterocycles. The maximum Gasteiger partial charge on any atom is 0.241 e. The minimum absolute atomic E-state index is 0.152. The van der Waals surface area contributed by atoms with Gasteiger partial charge in [0, 0.05) is 12.6 Å². The molecule has 2 atom stereocenters. The number of benzene rings is 2. The van der Waals surface area contributed by atoms with Crippen LogP contribution in [0.2, 0.25) is 0 Å². The molecule has 27 heavy (non-hydrogen) atoms. The number of rotatable bonds is 8. The third-order valence-corrected chi connectivity index (χ3v) is 6.47. The molecule has 148 valence electrons. The molecule has 2 aromatic rings. The topological polar surface area (TPSA) is 102 Å². The van der Waals surface area contributed by atoms with Gasteiger partial charge < -0.3 is 15.6 Å². The van der Waals surface area contributed by atoms with Crippen LogP contribution in [0, 0.1) is 20.8 Å². The summed E-state index contributed by atoms with van der Waals surface area (Å²) < 4.78 is 33.4. The minimum Gasteiger partial charge on any atom is -0.496 e. The van der Waals surface area contributed by atoms with E-state index in [1.165, 1.54) is 0 Å². The lowest BCUT2D eigenvalue weighted by Crippen LogP contribution is -2.44. The fraction of sp³-hybridized carbons (Fsp3) is 0.400. The molecule has 0 aliphatic rings. The molecule has 0 spiro atoms. The van der Waals surface area contributed by atoms with Crippen molar-refractivity contribution in [2.75, 3.05) is 13.7 Å². The van der Waals surface area contributed by atoms with Crippen LogP contribution < -0.4 is 15.2 Å². The number of hydrogen-bond donors (Lipinski definition) is 3. The van der Waals surface area contributed by atoms with Gasteiger partial charge >= 0.3 is 0 Å². The molecule has 0 saturated heterocycles. The molecule has 6 nitrogen and oxygen atoms in total. The Hall–Kier alpha value is -1.93. The zero-order chi connectivity index (χ0) is 20.2. The fourth-order valence-corrected chi connectivity index (χ4v) is 4.66. The summed E-state index contributed by atoms with van der Waals surface area (Å²) in [7, 11) is -2.24. The van der Waals surface area contributed by atoms with E-state index >= 15 is 0 Å². The Morgan fingerprint density at radius 3 is 2.37 bits per heavy atom. The Balaban J connectivity index is 2.12. The molecule has 2 unspecified atom stereocenters. The highest BCUT2D eigenvalue weighted by molar-refractivity contribution is 7.89. The van der Waals surface area contributed by atoms with Gasteiger partial charge in [-0.1, -0.05) is 30.3 Å². The van der Waals surface area contributed by atoms with Crippen molar-refractivity contribution in [3.05, 3.63) is 58.7 Å². The molecule has 0 saturated carbocycles. The van der Waals surface area contributed by atoms with Crippen molar-refractivity contribution >= 4 is 10.0 Å². The van der Waals surface area contributed by atoms with E-state index in [2.05, 4.69) is 4.72 Å². The summed E-state index contributed by atoms with van der Waals surface area (Å²) in [4.78, 5) is 0.213. The average molecular weight is 393 g/mol. The molecule has 2 rings (SSSR count). The summed E-state index contributed by atoms with van der Waals surface area (Å²) >= 11 is 0. The second-order valence-electron chi connectivity index (χ2n) is 6.75. The number of aryl methyl sites for hydroxylation is 1. The van der Waals surface area contributed by atoms with Gasteiger partial charge in [-0.25, -0.2) is 13.1 Å². The van der Waals surface area contributed by atoms with E-state index in [4.69, 9.17) is 10.5 Å². The lowest BCUT2D eigenvalue weighted by Gasteiger charge is -2.21. The van der Waals surface area contributed by atoms with E-state index in [0.29, 0.717) is 23.3 Å². The van der Waals surface area contributed by atoms with Gasteiger partial charge in [0.2, 0.25) is 10.0 Å². The van der Waals surface area contributed by atoms with Gasteiger partial charge in [-0.05, 0) is 55.5 Å². The fourth-order valence-electron chi connectivity index (χ4n) is 3.09. The summed E-state index contributed by atoms with van der Waals surface area (Å²) in [6.45, 7) is 5.13. The van der Waals surface area contributed by atoms with E-state index < -0.39 is 22.2 Å². The summed E-state index contributed by atoms with van der Waals surface area (Å²) in [6.07, 6.45) is -0.538. The Bertz CT molecular complexity index is 883. The molecule has 0 heterocycles. The smallest absolute Gasteiger partial charge is 0.241 e. The first-order valence-corrected chi connectivity index (χ1v) is 10.3. The van der Waals surface area contributed by atoms with Gasteiger partial charge in [0.25, 0.3) is 0 Å². The van der Waals surface area contributed by atoms with Crippen LogP contribution in [-0.4, -0.2) is 39.3 Å². The molecular formula is C20H28N2O4S. The van der Waals surface area contributed by atoms with Gasteiger partial charge in [-0.2, -0.15) is 0 Å². The van der Waals surface area contributed by atoms with Crippen LogP contribution in [0.3, 0.4) is 0 Å². The summed E-state index contributed by atoms with van der Waals surface area (Å²) in [5.74, 6) is 0.647. The first kappa shape index (κ1) is 21.4. The standard InChI is InChI=1S/C20H28N2O4S/c1-13-10-19(26-4)14(2)15(3)20(13)27(24,25)22-12-18(23)17(21)11-16-8-6-5-7-9-16/h5-10,17-18,22-23H,11-12,21H2,1-4H3. The molecule has 0 fully saturated rings. The van der Waals surface area contributed by atoms with Crippen molar-refractivity contribution in [2.45, 2.75) is 44.2 Å². The van der Waals surface area contributed by atoms with E-state index in [1.54, 1.807) is 27.0 Å². The molecule has 4 N–H and O–H groups in total. The maximum absolute atomic E-state index is 12.8. The van der Waals surface area contributed by atoms with Crippen molar-refractivity contribution in [1.82, 2.24) is 4.72 Å². The van der Waals surface area contributed by atoms with Crippen molar-refractivity contribution < 1.29 is 18.3 Å². The first-order valence-electron chi connectivity index (χ1n) is 8.79. The SMILES string of the molecule is COc1cc(C)c(S(=O)(=O)NCC(O)C(N)Cc2ccccc2)c(C)c1C. The second-order valence-corrected chi connectivity index (χ2v) is 8.45. The molecular weight excluding hydrogens is 364 g/mol. The monoisotopic (exact) mass is 392 g/mol. The largest absolute Gasteiger partial charge is 0.496 e. The summed E-state index contributed by atoms with van der Waals surface area (Å²) in [5, 5.41) is 10.3. The number of nitrogens with two attached hydrogens (primary N) is 1. The number of aliphatic hydroxyl groups is 1. The lowest BCUT2D eigenvalue weighted by atomic mass is 10.0. The summed E-state index contributed by atoms with van der Waals surface area (Å²) in [6, 6.07) is 10.7. The number of aliphatic hydroxyl groups excluding tert-OH is 1. The van der Waals surface area contributed by atoms with Crippen LogP contribution in [-0.2, 0) is 16.4 Å². The second kappa shape index (κ2) is 8.84. The number of methoxy groups -OCH3 is 1. The van der Waals surface area contributed by atoms with Gasteiger partial charge in [0.05, 0.1) is 18.1 Å². The predicted molar refractivity (Wildman–Crippen MR) is 107 cm³/mol. The molecule has 7 heteroatoms. The molecule has 0 radical (unpaired) electrons. The molecule has 2 aromatic carbocycles. The van der Waals surface area contributed by atoms with Crippen LogP contribution in [0.15, 0.2) is 41.3 Å². The molecule has 0 aliphatic carbocycles. The van der Waals surface area contributed by atoms with Gasteiger partial charge in [0.1, 0.15) is 5.75 Å². The highest BCUT2D eigenvalue weighted by Gasteiger charge is 2.25. The van der Waals surface area contributed by atoms with Crippen LogP contribution in [0.1, 0.15) is 22.3 Å². The average Bonchev–Trinajstić information content (AvgIpc) is 2.63. The third-order valence-electron chi connectivity index (χ3n) is 4.76. The normalized spacial score (nSPS) is 14.0. The van der Waals surface area contributed by atoms with E-state index in [1.807, 2.05) is 37.3 Å². The zero-order valence-electron chi connectivity index (χ0n) is 16.2. The van der Waals surface area contributed by atoms with Gasteiger partial charge in [0.15, 0.2) is 0 Å². The van der Waals surface area contributed by atoms with Crippen LogP contribution in [0.25, 0.3) is 0 Å². The van der Waals surface area contributed by atoms with Crippen molar-refractivity contribution in [3.63, 3.8) is 0 Å². The van der Waals surface area contributed by atoms with Gasteiger partial charge in [-0.3, -0.25) is 0 Å². The Kier molecular flexibility index (Phi) is 7.00. The number of nitrogens with one attached hydrogen (secondary N) is 1. The summed E-state index contributed by atoms with van der Waals surface area (Å²) in [5.41, 5.74) is 9.01. The zero-order valence-corrected chi connectivity index (χ0v) is 17.0.